The Morgan fingerprint density at radius 3 is 2.30 bits per heavy atom. The normalized spacial score (nSPS) is 15.6. The summed E-state index contributed by atoms with van der Waals surface area (Å²) < 4.78 is 0. The average molecular weight is 312 g/mol. The fourth-order valence-electron chi connectivity index (χ4n) is 2.85. The van der Waals surface area contributed by atoms with E-state index in [9.17, 15) is 4.79 Å². The second-order valence-corrected chi connectivity index (χ2v) is 5.65. The monoisotopic (exact) mass is 312 g/mol. The number of carboxylic acids is 1. The van der Waals surface area contributed by atoms with E-state index in [1.165, 1.54) is 0 Å². The van der Waals surface area contributed by atoms with Crippen LogP contribution < -0.4 is 4.90 Å². The standard InChI is InChI=1S/C17H20N4O2/c22-16(23)12-14-4-1-2-5-15(14)13-20-8-10-21(11-9-20)17-18-6-3-7-19-17/h1-7H,8-13H2,(H,22,23). The molecule has 1 N–H and O–H groups in total. The Morgan fingerprint density at radius 1 is 1.00 bits per heavy atom. The van der Waals surface area contributed by atoms with Crippen LogP contribution in [0.4, 0.5) is 5.95 Å². The third-order valence-electron chi connectivity index (χ3n) is 4.06. The predicted octanol–water partition coefficient (Wildman–Crippen LogP) is 1.43. The second-order valence-electron chi connectivity index (χ2n) is 5.65. The molecule has 1 aromatic heterocycles. The first-order valence-corrected chi connectivity index (χ1v) is 7.75. The molecule has 6 nitrogen and oxygen atoms in total. The summed E-state index contributed by atoms with van der Waals surface area (Å²) in [5.74, 6) is -0.0121. The van der Waals surface area contributed by atoms with E-state index in [1.807, 2.05) is 30.3 Å². The lowest BCUT2D eigenvalue weighted by molar-refractivity contribution is -0.136. The van der Waals surface area contributed by atoms with Gasteiger partial charge < -0.3 is 10.0 Å². The summed E-state index contributed by atoms with van der Waals surface area (Å²) >= 11 is 0. The molecular weight excluding hydrogens is 292 g/mol. The van der Waals surface area contributed by atoms with Crippen molar-refractivity contribution >= 4 is 11.9 Å². The third-order valence-corrected chi connectivity index (χ3v) is 4.06. The number of anilines is 1. The maximum absolute atomic E-state index is 11.0. The van der Waals surface area contributed by atoms with E-state index in [1.54, 1.807) is 12.4 Å². The van der Waals surface area contributed by atoms with Crippen molar-refractivity contribution in [1.82, 2.24) is 14.9 Å². The highest BCUT2D eigenvalue weighted by molar-refractivity contribution is 5.70. The highest BCUT2D eigenvalue weighted by atomic mass is 16.4. The highest BCUT2D eigenvalue weighted by Gasteiger charge is 2.19. The fraction of sp³-hybridized carbons (Fsp3) is 0.353. The van der Waals surface area contributed by atoms with E-state index in [-0.39, 0.29) is 6.42 Å². The number of piperazine rings is 1. The zero-order valence-corrected chi connectivity index (χ0v) is 12.9. The van der Waals surface area contributed by atoms with Gasteiger partial charge in [-0.05, 0) is 17.2 Å². The van der Waals surface area contributed by atoms with Crippen LogP contribution in [-0.2, 0) is 17.8 Å². The molecular formula is C17H20N4O2. The molecule has 1 aromatic carbocycles. The highest BCUT2D eigenvalue weighted by Crippen LogP contribution is 2.16. The molecule has 0 radical (unpaired) electrons. The molecule has 0 spiro atoms. The quantitative estimate of drug-likeness (QED) is 0.900. The molecule has 23 heavy (non-hydrogen) atoms. The van der Waals surface area contributed by atoms with E-state index in [0.717, 1.165) is 49.8 Å². The first-order valence-electron chi connectivity index (χ1n) is 7.75. The molecule has 0 atom stereocenters. The molecule has 1 aliphatic heterocycles. The van der Waals surface area contributed by atoms with Gasteiger partial charge in [0, 0.05) is 45.1 Å². The van der Waals surface area contributed by atoms with Gasteiger partial charge in [0.2, 0.25) is 5.95 Å². The van der Waals surface area contributed by atoms with Gasteiger partial charge >= 0.3 is 5.97 Å². The summed E-state index contributed by atoms with van der Waals surface area (Å²) in [7, 11) is 0. The van der Waals surface area contributed by atoms with Gasteiger partial charge in [-0.15, -0.1) is 0 Å². The largest absolute Gasteiger partial charge is 0.481 e. The van der Waals surface area contributed by atoms with Crippen LogP contribution >= 0.6 is 0 Å². The lowest BCUT2D eigenvalue weighted by atomic mass is 10.0. The summed E-state index contributed by atoms with van der Waals surface area (Å²) in [5.41, 5.74) is 1.99. The van der Waals surface area contributed by atoms with Gasteiger partial charge in [0.1, 0.15) is 0 Å². The molecule has 2 heterocycles. The van der Waals surface area contributed by atoms with Crippen LogP contribution in [0.3, 0.4) is 0 Å². The van der Waals surface area contributed by atoms with Crippen molar-refractivity contribution in [2.24, 2.45) is 0 Å². The Labute approximate surface area is 135 Å². The number of benzene rings is 1. The number of nitrogens with zero attached hydrogens (tertiary/aromatic N) is 4. The van der Waals surface area contributed by atoms with Crippen molar-refractivity contribution in [3.63, 3.8) is 0 Å². The fourth-order valence-corrected chi connectivity index (χ4v) is 2.85. The lowest BCUT2D eigenvalue weighted by Gasteiger charge is -2.34. The van der Waals surface area contributed by atoms with Crippen LogP contribution in [0.1, 0.15) is 11.1 Å². The van der Waals surface area contributed by atoms with Crippen molar-refractivity contribution in [3.8, 4) is 0 Å². The molecule has 0 unspecified atom stereocenters. The smallest absolute Gasteiger partial charge is 0.307 e. The van der Waals surface area contributed by atoms with Crippen LogP contribution in [0.25, 0.3) is 0 Å². The van der Waals surface area contributed by atoms with E-state index in [2.05, 4.69) is 19.8 Å². The lowest BCUT2D eigenvalue weighted by Crippen LogP contribution is -2.46. The van der Waals surface area contributed by atoms with Gasteiger partial charge in [0.05, 0.1) is 6.42 Å². The van der Waals surface area contributed by atoms with Gasteiger partial charge in [-0.2, -0.15) is 0 Å². The summed E-state index contributed by atoms with van der Waals surface area (Å²) in [6.45, 7) is 4.38. The molecule has 0 aliphatic carbocycles. The Bertz CT molecular complexity index is 655. The number of carboxylic acid groups (broad SMARTS) is 1. The van der Waals surface area contributed by atoms with Gasteiger partial charge in [-0.25, -0.2) is 9.97 Å². The van der Waals surface area contributed by atoms with Crippen molar-refractivity contribution in [3.05, 3.63) is 53.9 Å². The topological polar surface area (TPSA) is 69.6 Å². The SMILES string of the molecule is O=C(O)Cc1ccccc1CN1CCN(c2ncccn2)CC1. The number of aliphatic carboxylic acids is 1. The van der Waals surface area contributed by atoms with Gasteiger partial charge in [-0.3, -0.25) is 9.69 Å². The summed E-state index contributed by atoms with van der Waals surface area (Å²) in [6, 6.07) is 9.60. The number of hydrogen-bond acceptors (Lipinski definition) is 5. The van der Waals surface area contributed by atoms with Crippen LogP contribution in [0.15, 0.2) is 42.7 Å². The Morgan fingerprint density at radius 2 is 1.65 bits per heavy atom. The zero-order valence-electron chi connectivity index (χ0n) is 12.9. The van der Waals surface area contributed by atoms with E-state index < -0.39 is 5.97 Å². The molecule has 6 heteroatoms. The van der Waals surface area contributed by atoms with Crippen molar-refractivity contribution in [2.75, 3.05) is 31.1 Å². The van der Waals surface area contributed by atoms with Gasteiger partial charge in [-0.1, -0.05) is 24.3 Å². The second kappa shape index (κ2) is 7.19. The van der Waals surface area contributed by atoms with Crippen molar-refractivity contribution in [2.45, 2.75) is 13.0 Å². The van der Waals surface area contributed by atoms with Crippen molar-refractivity contribution in [1.29, 1.82) is 0 Å². The summed E-state index contributed by atoms with van der Waals surface area (Å²) in [5, 5.41) is 9.02. The average Bonchev–Trinajstić information content (AvgIpc) is 2.58. The minimum atomic E-state index is -0.788. The maximum atomic E-state index is 11.0. The molecule has 1 fully saturated rings. The maximum Gasteiger partial charge on any atom is 0.307 e. The molecule has 1 aliphatic rings. The number of aromatic nitrogens is 2. The van der Waals surface area contributed by atoms with Gasteiger partial charge in [0.15, 0.2) is 0 Å². The molecule has 0 saturated carbocycles. The molecule has 0 bridgehead atoms. The molecule has 2 aromatic rings. The molecule has 3 rings (SSSR count). The Hall–Kier alpha value is -2.47. The number of carbonyl (C=O) groups is 1. The van der Waals surface area contributed by atoms with Crippen LogP contribution in [-0.4, -0.2) is 52.1 Å². The first-order chi connectivity index (χ1) is 11.2. The zero-order chi connectivity index (χ0) is 16.1. The van der Waals surface area contributed by atoms with E-state index in [4.69, 9.17) is 5.11 Å². The van der Waals surface area contributed by atoms with E-state index >= 15 is 0 Å². The van der Waals surface area contributed by atoms with Crippen molar-refractivity contribution < 1.29 is 9.90 Å². The third kappa shape index (κ3) is 4.04. The summed E-state index contributed by atoms with van der Waals surface area (Å²) in [6.07, 6.45) is 3.60. The van der Waals surface area contributed by atoms with Gasteiger partial charge in [0.25, 0.3) is 0 Å². The predicted molar refractivity (Wildman–Crippen MR) is 87.3 cm³/mol. The van der Waals surface area contributed by atoms with Crippen LogP contribution in [0, 0.1) is 0 Å². The molecule has 0 amide bonds. The first kappa shape index (κ1) is 15.4. The van der Waals surface area contributed by atoms with Crippen LogP contribution in [0.2, 0.25) is 0 Å². The minimum Gasteiger partial charge on any atom is -0.481 e. The molecule has 1 saturated heterocycles. The molecule has 120 valence electrons. The van der Waals surface area contributed by atoms with Crippen LogP contribution in [0.5, 0.6) is 0 Å². The number of rotatable bonds is 5. The van der Waals surface area contributed by atoms with E-state index in [0.29, 0.717) is 0 Å². The Kier molecular flexibility index (Phi) is 4.83. The Balaban J connectivity index is 1.60. The minimum absolute atomic E-state index is 0.0774. The summed E-state index contributed by atoms with van der Waals surface area (Å²) in [4.78, 5) is 24.1. The number of hydrogen-bond donors (Lipinski definition) is 1.